The zero-order valence-corrected chi connectivity index (χ0v) is 7.28. The fourth-order valence-electron chi connectivity index (χ4n) is 0.552. The first kappa shape index (κ1) is 12.2. The van der Waals surface area contributed by atoms with Crippen LogP contribution in [0.15, 0.2) is 0 Å². The zero-order chi connectivity index (χ0) is 10.7. The minimum Gasteiger partial charge on any atom is -0.370 e. The molecule has 0 unspecified atom stereocenters. The van der Waals surface area contributed by atoms with Crippen LogP contribution in [-0.4, -0.2) is 25.6 Å². The number of carbonyl (C=O) groups is 1. The van der Waals surface area contributed by atoms with Gasteiger partial charge in [-0.25, -0.2) is 8.42 Å². The third kappa shape index (κ3) is 4.11. The van der Waals surface area contributed by atoms with Crippen molar-refractivity contribution in [3.8, 4) is 0 Å². The topological polar surface area (TPSA) is 77.2 Å². The maximum atomic E-state index is 11.7. The highest BCUT2D eigenvalue weighted by Gasteiger charge is 2.44. The highest BCUT2D eigenvalue weighted by atomic mass is 32.2. The largest absolute Gasteiger partial charge is 0.497 e. The summed E-state index contributed by atoms with van der Waals surface area (Å²) in [7, 11) is -5.10. The smallest absolute Gasteiger partial charge is 0.370 e. The summed E-state index contributed by atoms with van der Waals surface area (Å²) in [4.78, 5) is 10.1. The molecule has 0 aliphatic rings. The molecule has 4 nitrogen and oxygen atoms in total. The van der Waals surface area contributed by atoms with Gasteiger partial charge in [0, 0.05) is 6.42 Å². The van der Waals surface area contributed by atoms with E-state index in [1.165, 1.54) is 0 Å². The first-order chi connectivity index (χ1) is 5.67. The summed E-state index contributed by atoms with van der Waals surface area (Å²) in [5, 5.41) is 0. The maximum absolute atomic E-state index is 11.7. The Morgan fingerprint density at radius 3 is 2.08 bits per heavy atom. The molecule has 0 fully saturated rings. The van der Waals surface area contributed by atoms with E-state index < -0.39 is 33.4 Å². The second-order valence-electron chi connectivity index (χ2n) is 2.33. The van der Waals surface area contributed by atoms with Gasteiger partial charge in [0.2, 0.25) is 15.7 Å². The van der Waals surface area contributed by atoms with Crippen LogP contribution in [-0.2, 0) is 14.6 Å². The first-order valence-electron chi connectivity index (χ1n) is 3.24. The Balaban J connectivity index is 4.15. The van der Waals surface area contributed by atoms with Crippen molar-refractivity contribution in [3.05, 3.63) is 0 Å². The van der Waals surface area contributed by atoms with E-state index in [1.54, 1.807) is 0 Å². The zero-order valence-electron chi connectivity index (χ0n) is 6.47. The van der Waals surface area contributed by atoms with Gasteiger partial charge in [-0.15, -0.1) is 0 Å². The second-order valence-corrected chi connectivity index (χ2v) is 4.44. The van der Waals surface area contributed by atoms with Gasteiger partial charge in [0.1, 0.15) is 0 Å². The third-order valence-electron chi connectivity index (χ3n) is 1.19. The Morgan fingerprint density at radius 2 is 1.77 bits per heavy atom. The molecule has 0 rings (SSSR count). The Morgan fingerprint density at radius 1 is 1.31 bits per heavy atom. The van der Waals surface area contributed by atoms with Crippen molar-refractivity contribution < 1.29 is 26.4 Å². The van der Waals surface area contributed by atoms with Crippen molar-refractivity contribution in [3.63, 3.8) is 0 Å². The van der Waals surface area contributed by atoms with Crippen molar-refractivity contribution in [2.45, 2.75) is 18.3 Å². The number of primary amides is 1. The number of alkyl halides is 3. The van der Waals surface area contributed by atoms with Crippen molar-refractivity contribution in [1.82, 2.24) is 0 Å². The molecule has 0 saturated carbocycles. The van der Waals surface area contributed by atoms with E-state index in [1.807, 2.05) is 0 Å². The van der Waals surface area contributed by atoms with Crippen LogP contribution in [0.5, 0.6) is 0 Å². The van der Waals surface area contributed by atoms with Crippen LogP contribution in [0.4, 0.5) is 13.2 Å². The molecule has 0 atom stereocenters. The van der Waals surface area contributed by atoms with E-state index in [-0.39, 0.29) is 6.42 Å². The lowest BCUT2D eigenvalue weighted by Crippen LogP contribution is -2.26. The van der Waals surface area contributed by atoms with Crippen molar-refractivity contribution in [1.29, 1.82) is 0 Å². The van der Waals surface area contributed by atoms with Gasteiger partial charge in [-0.2, -0.15) is 13.2 Å². The van der Waals surface area contributed by atoms with Crippen LogP contribution >= 0.6 is 0 Å². The summed E-state index contributed by atoms with van der Waals surface area (Å²) in [6, 6.07) is 0. The van der Waals surface area contributed by atoms with E-state index in [0.29, 0.717) is 0 Å². The van der Waals surface area contributed by atoms with Crippen LogP contribution in [0, 0.1) is 0 Å². The number of hydrogen-bond donors (Lipinski definition) is 1. The molecular weight excluding hydrogens is 211 g/mol. The molecule has 0 radical (unpaired) electrons. The SMILES string of the molecule is NC(=O)CCCS(=O)(=O)C(F)(F)F. The lowest BCUT2D eigenvalue weighted by Gasteiger charge is -2.06. The Kier molecular flexibility index (Phi) is 3.71. The summed E-state index contributed by atoms with van der Waals surface area (Å²) in [5.41, 5.74) is -0.630. The Bertz CT molecular complexity index is 282. The molecular formula is C5H8F3NO3S. The average molecular weight is 219 g/mol. The van der Waals surface area contributed by atoms with Gasteiger partial charge >= 0.3 is 5.51 Å². The Labute approximate surface area is 72.8 Å². The van der Waals surface area contributed by atoms with Crippen LogP contribution < -0.4 is 5.73 Å². The number of rotatable bonds is 4. The highest BCUT2D eigenvalue weighted by molar-refractivity contribution is 7.92. The molecule has 0 heterocycles. The molecule has 0 aliphatic carbocycles. The van der Waals surface area contributed by atoms with Gasteiger partial charge in [-0.05, 0) is 6.42 Å². The maximum Gasteiger partial charge on any atom is 0.497 e. The van der Waals surface area contributed by atoms with E-state index in [0.717, 1.165) is 0 Å². The van der Waals surface area contributed by atoms with Gasteiger partial charge in [0.15, 0.2) is 0 Å². The summed E-state index contributed by atoms with van der Waals surface area (Å²) < 4.78 is 55.7. The highest BCUT2D eigenvalue weighted by Crippen LogP contribution is 2.24. The second kappa shape index (κ2) is 3.95. The first-order valence-corrected chi connectivity index (χ1v) is 4.89. The number of carbonyl (C=O) groups excluding carboxylic acids is 1. The molecule has 0 aromatic carbocycles. The van der Waals surface area contributed by atoms with E-state index in [4.69, 9.17) is 0 Å². The molecule has 78 valence electrons. The minimum absolute atomic E-state index is 0.366. The monoisotopic (exact) mass is 219 g/mol. The number of amides is 1. The van der Waals surface area contributed by atoms with Crippen LogP contribution in [0.1, 0.15) is 12.8 Å². The molecule has 8 heteroatoms. The fourth-order valence-corrected chi connectivity index (χ4v) is 1.31. The number of nitrogens with two attached hydrogens (primary N) is 1. The number of halogens is 3. The standard InChI is InChI=1S/C5H8F3NO3S/c6-5(7,8)13(11,12)3-1-2-4(9)10/h1-3H2,(H2,9,10). The van der Waals surface area contributed by atoms with Gasteiger partial charge in [-0.1, -0.05) is 0 Å². The fraction of sp³-hybridized carbons (Fsp3) is 0.800. The van der Waals surface area contributed by atoms with Crippen molar-refractivity contribution in [2.75, 3.05) is 5.75 Å². The molecule has 0 bridgehead atoms. The predicted octanol–water partition coefficient (Wildman–Crippen LogP) is 0.186. The molecule has 13 heavy (non-hydrogen) atoms. The predicted molar refractivity (Wildman–Crippen MR) is 38.3 cm³/mol. The van der Waals surface area contributed by atoms with Crippen LogP contribution in [0.3, 0.4) is 0 Å². The number of sulfone groups is 1. The quantitative estimate of drug-likeness (QED) is 0.733. The lowest BCUT2D eigenvalue weighted by atomic mass is 10.3. The summed E-state index contributed by atoms with van der Waals surface area (Å²) in [6.45, 7) is 0. The molecule has 2 N–H and O–H groups in total. The molecule has 0 aliphatic heterocycles. The molecule has 0 spiro atoms. The van der Waals surface area contributed by atoms with Gasteiger partial charge in [0.05, 0.1) is 5.75 Å². The third-order valence-corrected chi connectivity index (χ3v) is 2.72. The average Bonchev–Trinajstić information content (AvgIpc) is 1.82. The molecule has 0 saturated heterocycles. The van der Waals surface area contributed by atoms with Crippen molar-refractivity contribution in [2.24, 2.45) is 5.73 Å². The lowest BCUT2D eigenvalue weighted by molar-refractivity contribution is -0.118. The van der Waals surface area contributed by atoms with E-state index >= 15 is 0 Å². The van der Waals surface area contributed by atoms with Gasteiger partial charge in [-0.3, -0.25) is 4.79 Å². The van der Waals surface area contributed by atoms with Gasteiger partial charge in [0.25, 0.3) is 0 Å². The molecule has 1 amide bonds. The van der Waals surface area contributed by atoms with Crippen molar-refractivity contribution >= 4 is 15.7 Å². The molecule has 0 aromatic rings. The summed E-state index contributed by atoms with van der Waals surface area (Å²) in [6.07, 6.45) is -0.771. The van der Waals surface area contributed by atoms with E-state index in [2.05, 4.69) is 5.73 Å². The summed E-state index contributed by atoms with van der Waals surface area (Å²) >= 11 is 0. The number of hydrogen-bond acceptors (Lipinski definition) is 3. The van der Waals surface area contributed by atoms with Gasteiger partial charge < -0.3 is 5.73 Å². The normalized spacial score (nSPS) is 12.8. The summed E-state index contributed by atoms with van der Waals surface area (Å²) in [5.74, 6) is -1.92. The minimum atomic E-state index is -5.25. The Hall–Kier alpha value is -0.790. The van der Waals surface area contributed by atoms with E-state index in [9.17, 15) is 26.4 Å². The van der Waals surface area contributed by atoms with Crippen LogP contribution in [0.2, 0.25) is 0 Å². The van der Waals surface area contributed by atoms with Crippen LogP contribution in [0.25, 0.3) is 0 Å². The molecule has 0 aromatic heterocycles.